The molecule has 0 amide bonds. The molecular weight excluding hydrogens is 382 g/mol. The fourth-order valence-electron chi connectivity index (χ4n) is 4.54. The van der Waals surface area contributed by atoms with Gasteiger partial charge in [-0.25, -0.2) is 0 Å². The van der Waals surface area contributed by atoms with Gasteiger partial charge in [0.2, 0.25) is 0 Å². The van der Waals surface area contributed by atoms with Gasteiger partial charge in [0.1, 0.15) is 0 Å². The second kappa shape index (κ2) is 12.3. The van der Waals surface area contributed by atoms with Crippen LogP contribution in [0.15, 0.2) is 107 Å². The molecule has 0 saturated carbocycles. The first-order valence-electron chi connectivity index (χ1n) is 10.2. The van der Waals surface area contributed by atoms with Gasteiger partial charge in [0.15, 0.2) is 16.5 Å². The number of para-hydroxylation sites is 1. The van der Waals surface area contributed by atoms with Gasteiger partial charge in [-0.15, -0.1) is 39.5 Å². The Morgan fingerprint density at radius 1 is 0.586 bits per heavy atom. The van der Waals surface area contributed by atoms with E-state index in [1.807, 2.05) is 6.08 Å². The number of nitrogens with zero attached hydrogens (tertiary/aromatic N) is 1. The molecule has 0 saturated heterocycles. The van der Waals surface area contributed by atoms with Crippen molar-refractivity contribution < 1.29 is 0 Å². The van der Waals surface area contributed by atoms with Crippen LogP contribution in [0.3, 0.4) is 0 Å². The third kappa shape index (κ3) is 5.58. The van der Waals surface area contributed by atoms with Gasteiger partial charge in [-0.3, -0.25) is 0 Å². The largest absolute Gasteiger partial charge is 0.422 e. The van der Waals surface area contributed by atoms with Crippen molar-refractivity contribution in [2.24, 2.45) is 0 Å². The highest BCUT2D eigenvalue weighted by Crippen LogP contribution is 2.43. The molecule has 1 rings (SSSR count). The molecule has 0 N–H and O–H groups in total. The van der Waals surface area contributed by atoms with E-state index in [4.69, 9.17) is 0 Å². The number of allylic oxidation sites excluding steroid dienone is 6. The topological polar surface area (TPSA) is 3.24 Å². The molecule has 0 aromatic heterocycles. The number of hydrogen-bond donors (Lipinski definition) is 0. The number of benzene rings is 1. The number of anilines is 1. The Bertz CT molecular complexity index is 656. The maximum absolute atomic E-state index is 4.12. The summed E-state index contributed by atoms with van der Waals surface area (Å²) < 4.78 is 2.83. The van der Waals surface area contributed by atoms with Gasteiger partial charge in [-0.2, -0.15) is 0 Å². The van der Waals surface area contributed by atoms with Gasteiger partial charge in [-0.05, 0) is 47.9 Å². The lowest BCUT2D eigenvalue weighted by Crippen LogP contribution is -2.67. The van der Waals surface area contributed by atoms with Gasteiger partial charge < -0.3 is 4.23 Å². The summed E-state index contributed by atoms with van der Waals surface area (Å²) in [4.78, 5) is 0. The van der Waals surface area contributed by atoms with E-state index < -0.39 is 16.5 Å². The quantitative estimate of drug-likeness (QED) is 0.193. The molecule has 1 aromatic rings. The lowest BCUT2D eigenvalue weighted by molar-refractivity contribution is 1.18. The van der Waals surface area contributed by atoms with E-state index in [9.17, 15) is 0 Å². The molecule has 154 valence electrons. The maximum Gasteiger partial charge on any atom is 0.159 e. The average molecular weight is 420 g/mol. The van der Waals surface area contributed by atoms with E-state index in [2.05, 4.69) is 111 Å². The monoisotopic (exact) mass is 419 g/mol. The van der Waals surface area contributed by atoms with Crippen molar-refractivity contribution in [1.29, 1.82) is 0 Å². The maximum atomic E-state index is 4.12. The Hall–Kier alpha value is -2.37. The minimum atomic E-state index is -2.11. The zero-order valence-corrected chi connectivity index (χ0v) is 20.0. The van der Waals surface area contributed by atoms with Gasteiger partial charge in [-0.1, -0.05) is 67.3 Å². The molecule has 0 bridgehead atoms. The molecule has 1 aromatic carbocycles. The standard InChI is InChI=1S/C26H37NSi2/c1-8-19-28(20-9-2,21-10-3)27(26-18-16-15-17-25(26)14-7)29(22-11-4,23-12-5)24-13-6/h8-18H,1-7,19-24H2. The molecule has 0 aliphatic rings. The molecule has 0 aliphatic carbocycles. The average Bonchev–Trinajstić information content (AvgIpc) is 2.70. The summed E-state index contributed by atoms with van der Waals surface area (Å²) in [6.07, 6.45) is 14.5. The minimum absolute atomic E-state index is 0.969. The van der Waals surface area contributed by atoms with Gasteiger partial charge in [0.05, 0.1) is 0 Å². The summed E-state index contributed by atoms with van der Waals surface area (Å²) in [6.45, 7) is 28.8. The van der Waals surface area contributed by atoms with Crippen molar-refractivity contribution in [3.8, 4) is 0 Å². The van der Waals surface area contributed by atoms with Crippen molar-refractivity contribution in [2.45, 2.75) is 36.3 Å². The Labute approximate surface area is 181 Å². The Morgan fingerprint density at radius 3 is 1.24 bits per heavy atom. The van der Waals surface area contributed by atoms with E-state index in [1.54, 1.807) is 0 Å². The summed E-state index contributed by atoms with van der Waals surface area (Å²) in [5.74, 6) is 0. The van der Waals surface area contributed by atoms with Crippen LogP contribution in [-0.4, -0.2) is 16.5 Å². The molecule has 0 atom stereocenters. The highest BCUT2D eigenvalue weighted by Gasteiger charge is 2.48. The van der Waals surface area contributed by atoms with Crippen LogP contribution in [0.5, 0.6) is 0 Å². The van der Waals surface area contributed by atoms with E-state index in [-0.39, 0.29) is 0 Å². The lowest BCUT2D eigenvalue weighted by Gasteiger charge is -2.54. The first kappa shape index (κ1) is 24.7. The second-order valence-corrected chi connectivity index (χ2v) is 16.2. The zero-order chi connectivity index (χ0) is 21.8. The van der Waals surface area contributed by atoms with Crippen molar-refractivity contribution in [1.82, 2.24) is 0 Å². The summed E-state index contributed by atoms with van der Waals surface area (Å²) in [7, 11) is -4.22. The van der Waals surface area contributed by atoms with Crippen LogP contribution < -0.4 is 4.23 Å². The molecule has 0 spiro atoms. The van der Waals surface area contributed by atoms with Gasteiger partial charge in [0.25, 0.3) is 0 Å². The molecule has 1 nitrogen and oxygen atoms in total. The van der Waals surface area contributed by atoms with Crippen LogP contribution in [0.2, 0.25) is 36.3 Å². The molecule has 29 heavy (non-hydrogen) atoms. The first-order valence-corrected chi connectivity index (χ1v) is 15.4. The van der Waals surface area contributed by atoms with Gasteiger partial charge in [0, 0.05) is 5.69 Å². The smallest absolute Gasteiger partial charge is 0.159 e. The fourth-order valence-corrected chi connectivity index (χ4v) is 17.0. The number of hydrogen-bond acceptors (Lipinski definition) is 1. The van der Waals surface area contributed by atoms with Crippen molar-refractivity contribution in [3.63, 3.8) is 0 Å². The normalized spacial score (nSPS) is 11.2. The van der Waals surface area contributed by atoms with Crippen LogP contribution in [0.4, 0.5) is 5.69 Å². The second-order valence-electron chi connectivity index (χ2n) is 7.50. The van der Waals surface area contributed by atoms with Crippen molar-refractivity contribution >= 4 is 28.2 Å². The molecule has 3 heteroatoms. The van der Waals surface area contributed by atoms with Crippen molar-refractivity contribution in [3.05, 3.63) is 112 Å². The summed E-state index contributed by atoms with van der Waals surface area (Å²) >= 11 is 0. The predicted octanol–water partition coefficient (Wildman–Crippen LogP) is 8.14. The third-order valence-electron chi connectivity index (χ3n) is 5.49. The number of rotatable bonds is 16. The Morgan fingerprint density at radius 2 is 0.931 bits per heavy atom. The lowest BCUT2D eigenvalue weighted by atomic mass is 10.2. The predicted molar refractivity (Wildman–Crippen MR) is 141 cm³/mol. The first-order chi connectivity index (χ1) is 14.0. The Kier molecular flexibility index (Phi) is 10.4. The fraction of sp³-hybridized carbons (Fsp3) is 0.231. The van der Waals surface area contributed by atoms with E-state index in [0.717, 1.165) is 41.8 Å². The third-order valence-corrected chi connectivity index (χ3v) is 17.0. The molecule has 0 fully saturated rings. The van der Waals surface area contributed by atoms with Crippen LogP contribution in [0, 0.1) is 0 Å². The van der Waals surface area contributed by atoms with E-state index >= 15 is 0 Å². The highest BCUT2D eigenvalue weighted by atomic mass is 28.4. The molecule has 0 heterocycles. The van der Waals surface area contributed by atoms with Crippen LogP contribution in [0.1, 0.15) is 5.56 Å². The Balaban J connectivity index is 4.02. The SMILES string of the molecule is C=CC[Si](CC=C)(CC=C)N(c1ccccc1C=C)[Si](CC=C)(CC=C)CC=C. The molecule has 0 aliphatic heterocycles. The molecule has 0 radical (unpaired) electrons. The molecule has 0 unspecified atom stereocenters. The summed E-state index contributed by atoms with van der Waals surface area (Å²) in [5.41, 5.74) is 2.42. The van der Waals surface area contributed by atoms with Crippen LogP contribution in [0.25, 0.3) is 6.08 Å². The van der Waals surface area contributed by atoms with Crippen LogP contribution in [-0.2, 0) is 0 Å². The van der Waals surface area contributed by atoms with E-state index in [1.165, 1.54) is 5.69 Å². The van der Waals surface area contributed by atoms with Crippen molar-refractivity contribution in [2.75, 3.05) is 4.23 Å². The van der Waals surface area contributed by atoms with Crippen LogP contribution >= 0.6 is 0 Å². The van der Waals surface area contributed by atoms with E-state index in [0.29, 0.717) is 0 Å². The molecular formula is C26H37NSi2. The highest BCUT2D eigenvalue weighted by molar-refractivity contribution is 7.03. The summed E-state index contributed by atoms with van der Waals surface area (Å²) in [6, 6.07) is 14.4. The van der Waals surface area contributed by atoms with Gasteiger partial charge >= 0.3 is 0 Å². The minimum Gasteiger partial charge on any atom is -0.422 e. The summed E-state index contributed by atoms with van der Waals surface area (Å²) in [5, 5.41) is 0. The zero-order valence-electron chi connectivity index (χ0n) is 18.0.